The number of carbonyl (C=O) groups excluding carboxylic acids is 2. The molecule has 0 saturated carbocycles. The fourth-order valence-electron chi connectivity index (χ4n) is 2.52. The first-order valence-corrected chi connectivity index (χ1v) is 10.3. The molecule has 0 bridgehead atoms. The van der Waals surface area contributed by atoms with Crippen LogP contribution >= 0.6 is 0 Å². The molecular weight excluding hydrogens is 328 g/mol. The quantitative estimate of drug-likeness (QED) is 0.219. The Morgan fingerprint density at radius 2 is 0.962 bits per heavy atom. The summed E-state index contributed by atoms with van der Waals surface area (Å²) in [5.41, 5.74) is 0.689. The van der Waals surface area contributed by atoms with Crippen LogP contribution in [-0.4, -0.2) is 25.2 Å². The van der Waals surface area contributed by atoms with Crippen molar-refractivity contribution < 1.29 is 19.1 Å². The summed E-state index contributed by atoms with van der Waals surface area (Å²) in [6.45, 7) is 12.9. The van der Waals surface area contributed by atoms with Gasteiger partial charge in [0.05, 0.1) is 13.2 Å². The predicted molar refractivity (Wildman–Crippen MR) is 107 cm³/mol. The third kappa shape index (κ3) is 13.0. The first kappa shape index (κ1) is 24.7. The molecule has 0 fully saturated rings. The van der Waals surface area contributed by atoms with E-state index in [2.05, 4.69) is 27.7 Å². The molecule has 0 rings (SSSR count). The summed E-state index contributed by atoms with van der Waals surface area (Å²) in [4.78, 5) is 24.0. The van der Waals surface area contributed by atoms with Gasteiger partial charge in [0.1, 0.15) is 0 Å². The average Bonchev–Trinajstić information content (AvgIpc) is 2.58. The molecule has 0 aliphatic heterocycles. The number of esters is 2. The number of hydrogen-bond donors (Lipinski definition) is 0. The van der Waals surface area contributed by atoms with Crippen LogP contribution in [0.15, 0.2) is 11.1 Å². The number of ether oxygens (including phenoxy) is 2. The molecule has 0 aromatic carbocycles. The normalized spacial score (nSPS) is 12.3. The Labute approximate surface area is 160 Å². The molecule has 0 aromatic heterocycles. The van der Waals surface area contributed by atoms with E-state index < -0.39 is 11.9 Å². The van der Waals surface area contributed by atoms with Gasteiger partial charge in [-0.1, -0.05) is 66.2 Å². The number of carbonyl (C=O) groups is 2. The van der Waals surface area contributed by atoms with Crippen molar-refractivity contribution in [1.82, 2.24) is 0 Å². The fourth-order valence-corrected chi connectivity index (χ4v) is 2.52. The van der Waals surface area contributed by atoms with Crippen LogP contribution in [0.25, 0.3) is 0 Å². The molecule has 0 N–H and O–H groups in total. The molecule has 0 atom stereocenters. The molecule has 0 unspecified atom stereocenters. The minimum Gasteiger partial charge on any atom is -0.462 e. The van der Waals surface area contributed by atoms with E-state index in [4.69, 9.17) is 9.47 Å². The lowest BCUT2D eigenvalue weighted by atomic mass is 10.1. The van der Waals surface area contributed by atoms with Crippen LogP contribution in [0.3, 0.4) is 0 Å². The predicted octanol–water partition coefficient (Wildman–Crippen LogP) is 5.84. The van der Waals surface area contributed by atoms with E-state index in [-0.39, 0.29) is 0 Å². The maximum absolute atomic E-state index is 12.0. The van der Waals surface area contributed by atoms with Crippen LogP contribution in [0, 0.1) is 11.8 Å². The summed E-state index contributed by atoms with van der Waals surface area (Å²) in [6.07, 6.45) is 8.58. The van der Waals surface area contributed by atoms with Gasteiger partial charge < -0.3 is 9.47 Å². The Kier molecular flexibility index (Phi) is 14.1. The third-order valence-electron chi connectivity index (χ3n) is 4.49. The largest absolute Gasteiger partial charge is 0.462 e. The highest BCUT2D eigenvalue weighted by molar-refractivity contribution is 5.99. The van der Waals surface area contributed by atoms with Gasteiger partial charge in [-0.05, 0) is 38.5 Å². The van der Waals surface area contributed by atoms with Gasteiger partial charge in [-0.25, -0.2) is 9.59 Å². The van der Waals surface area contributed by atoms with E-state index in [0.29, 0.717) is 36.2 Å². The second-order valence-corrected chi connectivity index (χ2v) is 8.01. The van der Waals surface area contributed by atoms with Crippen LogP contribution < -0.4 is 0 Å². The van der Waals surface area contributed by atoms with Crippen molar-refractivity contribution in [3.63, 3.8) is 0 Å². The van der Waals surface area contributed by atoms with E-state index in [1.807, 2.05) is 0 Å². The molecule has 4 heteroatoms. The van der Waals surface area contributed by atoms with Crippen LogP contribution in [0.1, 0.15) is 92.9 Å². The lowest BCUT2D eigenvalue weighted by molar-refractivity contribution is -0.142. The van der Waals surface area contributed by atoms with Crippen LogP contribution in [-0.2, 0) is 19.1 Å². The Bertz CT molecular complexity index is 395. The molecule has 0 radical (unpaired) electrons. The van der Waals surface area contributed by atoms with Crippen molar-refractivity contribution in [2.45, 2.75) is 92.9 Å². The van der Waals surface area contributed by atoms with Gasteiger partial charge in [0, 0.05) is 11.1 Å². The van der Waals surface area contributed by atoms with Gasteiger partial charge in [-0.15, -0.1) is 0 Å². The van der Waals surface area contributed by atoms with Crippen molar-refractivity contribution in [2.24, 2.45) is 11.8 Å². The first-order chi connectivity index (χ1) is 12.3. The summed E-state index contributed by atoms with van der Waals surface area (Å²) in [5, 5.41) is 0. The van der Waals surface area contributed by atoms with Gasteiger partial charge in [0.2, 0.25) is 0 Å². The van der Waals surface area contributed by atoms with Gasteiger partial charge in [-0.3, -0.25) is 0 Å². The molecule has 152 valence electrons. The Morgan fingerprint density at radius 3 is 1.27 bits per heavy atom. The Hall–Kier alpha value is -1.32. The van der Waals surface area contributed by atoms with Crippen molar-refractivity contribution in [3.05, 3.63) is 11.1 Å². The molecule has 0 aliphatic rings. The number of unbranched alkanes of at least 4 members (excludes halogenated alkanes) is 4. The maximum atomic E-state index is 12.0. The minimum absolute atomic E-state index is 0.344. The van der Waals surface area contributed by atoms with Crippen molar-refractivity contribution in [1.29, 1.82) is 0 Å². The lowest BCUT2D eigenvalue weighted by Crippen LogP contribution is -2.14. The van der Waals surface area contributed by atoms with Crippen LogP contribution in [0.4, 0.5) is 0 Å². The zero-order valence-corrected chi connectivity index (χ0v) is 17.9. The van der Waals surface area contributed by atoms with E-state index >= 15 is 0 Å². The van der Waals surface area contributed by atoms with Crippen molar-refractivity contribution >= 4 is 11.9 Å². The summed E-state index contributed by atoms with van der Waals surface area (Å²) in [5.74, 6) is 0.596. The molecular formula is C22H40O4. The molecule has 0 saturated heterocycles. The van der Waals surface area contributed by atoms with Crippen LogP contribution in [0.2, 0.25) is 0 Å². The van der Waals surface area contributed by atoms with Gasteiger partial charge in [-0.2, -0.15) is 0 Å². The maximum Gasteiger partial charge on any atom is 0.334 e. The molecule has 4 nitrogen and oxygen atoms in total. The molecule has 0 heterocycles. The zero-order valence-electron chi connectivity index (χ0n) is 17.9. The Morgan fingerprint density at radius 1 is 0.615 bits per heavy atom. The second kappa shape index (κ2) is 14.8. The molecule has 0 aliphatic carbocycles. The van der Waals surface area contributed by atoms with Gasteiger partial charge in [0.25, 0.3) is 0 Å². The SMILES string of the molecule is C/C(C(=O)OCCCCCC(C)C)=C(\C)C(=O)OCCCCCC(C)C. The molecule has 26 heavy (non-hydrogen) atoms. The van der Waals surface area contributed by atoms with Gasteiger partial charge >= 0.3 is 11.9 Å². The van der Waals surface area contributed by atoms with Crippen molar-refractivity contribution in [2.75, 3.05) is 13.2 Å². The Balaban J connectivity index is 4.01. The third-order valence-corrected chi connectivity index (χ3v) is 4.49. The fraction of sp³-hybridized carbons (Fsp3) is 0.818. The highest BCUT2D eigenvalue weighted by Gasteiger charge is 2.15. The lowest BCUT2D eigenvalue weighted by Gasteiger charge is -2.10. The van der Waals surface area contributed by atoms with Crippen LogP contribution in [0.5, 0.6) is 0 Å². The minimum atomic E-state index is -0.416. The highest BCUT2D eigenvalue weighted by Crippen LogP contribution is 2.12. The summed E-state index contributed by atoms with van der Waals surface area (Å²) in [7, 11) is 0. The smallest absolute Gasteiger partial charge is 0.334 e. The average molecular weight is 369 g/mol. The zero-order chi connectivity index (χ0) is 19.9. The summed E-state index contributed by atoms with van der Waals surface area (Å²) >= 11 is 0. The highest BCUT2D eigenvalue weighted by atomic mass is 16.5. The van der Waals surface area contributed by atoms with E-state index in [9.17, 15) is 9.59 Å². The molecule has 0 aromatic rings. The van der Waals surface area contributed by atoms with Crippen molar-refractivity contribution in [3.8, 4) is 0 Å². The van der Waals surface area contributed by atoms with E-state index in [1.165, 1.54) is 12.8 Å². The van der Waals surface area contributed by atoms with Gasteiger partial charge in [0.15, 0.2) is 0 Å². The number of hydrogen-bond acceptors (Lipinski definition) is 4. The first-order valence-electron chi connectivity index (χ1n) is 10.3. The standard InChI is InChI=1S/C22H40O4/c1-17(2)13-9-7-11-15-25-21(23)19(5)20(6)22(24)26-16-12-8-10-14-18(3)4/h17-18H,7-16H2,1-6H3/b20-19-. The topological polar surface area (TPSA) is 52.6 Å². The van der Waals surface area contributed by atoms with E-state index in [1.54, 1.807) is 13.8 Å². The second-order valence-electron chi connectivity index (χ2n) is 8.01. The number of rotatable bonds is 14. The summed E-state index contributed by atoms with van der Waals surface area (Å²) < 4.78 is 10.5. The van der Waals surface area contributed by atoms with E-state index in [0.717, 1.165) is 38.5 Å². The molecule has 0 amide bonds. The molecule has 0 spiro atoms. The summed E-state index contributed by atoms with van der Waals surface area (Å²) in [6, 6.07) is 0. The monoisotopic (exact) mass is 368 g/mol.